The van der Waals surface area contributed by atoms with E-state index < -0.39 is 40.3 Å². The summed E-state index contributed by atoms with van der Waals surface area (Å²) in [6.07, 6.45) is 6.39. The van der Waals surface area contributed by atoms with Crippen LogP contribution in [-0.4, -0.2) is 44.7 Å². The quantitative estimate of drug-likeness (QED) is 0.696. The Labute approximate surface area is 140 Å². The highest BCUT2D eigenvalue weighted by molar-refractivity contribution is 7.94. The average molecular weight is 358 g/mol. The highest BCUT2D eigenvalue weighted by Crippen LogP contribution is 2.18. The second kappa shape index (κ2) is 8.27. The van der Waals surface area contributed by atoms with Gasteiger partial charge in [0.05, 0.1) is 12.2 Å². The Morgan fingerprint density at radius 1 is 1.12 bits per heavy atom. The van der Waals surface area contributed by atoms with Crippen LogP contribution in [0.25, 0.3) is 0 Å². The maximum Gasteiger partial charge on any atom is 0.321 e. The van der Waals surface area contributed by atoms with Crippen LogP contribution < -0.4 is 10.6 Å². The van der Waals surface area contributed by atoms with Crippen LogP contribution in [0.2, 0.25) is 0 Å². The molecule has 1 unspecified atom stereocenters. The highest BCUT2D eigenvalue weighted by atomic mass is 32.2. The summed E-state index contributed by atoms with van der Waals surface area (Å²) in [7, 11) is -3.22. The fraction of sp³-hybridized carbons (Fsp3) is 0.667. The number of imide groups is 1. The van der Waals surface area contributed by atoms with Crippen LogP contribution in [-0.2, 0) is 24.2 Å². The first-order valence-corrected chi connectivity index (χ1v) is 9.72. The van der Waals surface area contributed by atoms with Gasteiger partial charge in [0.1, 0.15) is 0 Å². The summed E-state index contributed by atoms with van der Waals surface area (Å²) in [5.74, 6) is -1.95. The molecule has 3 amide bonds. The van der Waals surface area contributed by atoms with E-state index in [9.17, 15) is 22.8 Å². The second-order valence-corrected chi connectivity index (χ2v) is 8.07. The van der Waals surface area contributed by atoms with Gasteiger partial charge in [0.25, 0.3) is 5.91 Å². The van der Waals surface area contributed by atoms with Gasteiger partial charge in [-0.1, -0.05) is 25.3 Å². The van der Waals surface area contributed by atoms with Crippen LogP contribution in [0.15, 0.2) is 11.5 Å². The maximum atomic E-state index is 11.7. The zero-order chi connectivity index (χ0) is 17.6. The molecular weight excluding hydrogens is 336 g/mol. The molecule has 0 aromatic carbocycles. The molecule has 2 rings (SSSR count). The molecule has 1 atom stereocenters. The van der Waals surface area contributed by atoms with Crippen molar-refractivity contribution in [3.8, 4) is 0 Å². The minimum Gasteiger partial charge on any atom is -0.456 e. The van der Waals surface area contributed by atoms with Gasteiger partial charge in [-0.15, -0.1) is 0 Å². The predicted octanol–water partition coefficient (Wildman–Crippen LogP) is 0.637. The second-order valence-electron chi connectivity index (χ2n) is 6.14. The molecule has 0 spiro atoms. The smallest absolute Gasteiger partial charge is 0.321 e. The number of ether oxygens (including phenoxy) is 1. The van der Waals surface area contributed by atoms with Crippen molar-refractivity contribution in [3.05, 3.63) is 11.5 Å². The number of hydrogen-bond acceptors (Lipinski definition) is 6. The molecule has 8 nitrogen and oxygen atoms in total. The van der Waals surface area contributed by atoms with Crippen LogP contribution in [0, 0.1) is 5.92 Å². The number of rotatable bonds is 5. The zero-order valence-electron chi connectivity index (χ0n) is 13.3. The largest absolute Gasteiger partial charge is 0.456 e. The summed E-state index contributed by atoms with van der Waals surface area (Å²) in [4.78, 5) is 34.8. The van der Waals surface area contributed by atoms with Gasteiger partial charge in [0.2, 0.25) is 0 Å². The van der Waals surface area contributed by atoms with Gasteiger partial charge in [-0.05, 0) is 12.8 Å². The SMILES string of the molecule is O=C(COC(=O)CC1C=CS(=O)(=O)C1)NC(=O)NC1CCCCC1. The summed E-state index contributed by atoms with van der Waals surface area (Å²) in [6, 6.07) is -0.516. The third kappa shape index (κ3) is 6.31. The van der Waals surface area contributed by atoms with E-state index in [4.69, 9.17) is 4.74 Å². The number of carbonyl (C=O) groups excluding carboxylic acids is 3. The number of allylic oxidation sites excluding steroid dienone is 1. The Morgan fingerprint density at radius 2 is 1.83 bits per heavy atom. The van der Waals surface area contributed by atoms with Gasteiger partial charge >= 0.3 is 12.0 Å². The fourth-order valence-corrected chi connectivity index (χ4v) is 4.22. The van der Waals surface area contributed by atoms with Crippen molar-refractivity contribution >= 4 is 27.7 Å². The van der Waals surface area contributed by atoms with E-state index in [0.717, 1.165) is 37.5 Å². The number of hydrogen-bond donors (Lipinski definition) is 2. The van der Waals surface area contributed by atoms with Gasteiger partial charge in [0, 0.05) is 17.4 Å². The van der Waals surface area contributed by atoms with Crippen molar-refractivity contribution in [2.24, 2.45) is 5.92 Å². The molecular formula is C15H22N2O6S. The lowest BCUT2D eigenvalue weighted by Gasteiger charge is -2.22. The van der Waals surface area contributed by atoms with Crippen LogP contribution in [0.4, 0.5) is 4.79 Å². The molecule has 0 bridgehead atoms. The van der Waals surface area contributed by atoms with Crippen LogP contribution in [0.5, 0.6) is 0 Å². The normalized spacial score (nSPS) is 22.8. The zero-order valence-corrected chi connectivity index (χ0v) is 14.1. The monoisotopic (exact) mass is 358 g/mol. The molecule has 24 heavy (non-hydrogen) atoms. The molecule has 0 aromatic heterocycles. The first kappa shape index (κ1) is 18.4. The van der Waals surface area contributed by atoms with Gasteiger partial charge in [-0.2, -0.15) is 0 Å². The Morgan fingerprint density at radius 3 is 2.46 bits per heavy atom. The number of sulfone groups is 1. The van der Waals surface area contributed by atoms with E-state index in [-0.39, 0.29) is 18.2 Å². The summed E-state index contributed by atoms with van der Waals surface area (Å²) in [5.41, 5.74) is 0. The van der Waals surface area contributed by atoms with E-state index in [1.807, 2.05) is 0 Å². The Bertz CT molecular complexity index is 622. The lowest BCUT2D eigenvalue weighted by Crippen LogP contribution is -2.46. The lowest BCUT2D eigenvalue weighted by molar-refractivity contribution is -0.148. The molecule has 1 saturated carbocycles. The first-order valence-electron chi connectivity index (χ1n) is 8.01. The van der Waals surface area contributed by atoms with E-state index in [0.29, 0.717) is 0 Å². The Hall–Kier alpha value is -1.90. The molecule has 9 heteroatoms. The molecule has 1 aliphatic heterocycles. The standard InChI is InChI=1S/C15H22N2O6S/c18-13(17-15(20)16-12-4-2-1-3-5-12)9-23-14(19)8-11-6-7-24(21,22)10-11/h6-7,11-12H,1-5,8-10H2,(H2,16,17,18,20). The molecule has 134 valence electrons. The summed E-state index contributed by atoms with van der Waals surface area (Å²) in [5, 5.41) is 5.91. The van der Waals surface area contributed by atoms with E-state index in [2.05, 4.69) is 10.6 Å². The van der Waals surface area contributed by atoms with Gasteiger partial charge < -0.3 is 10.1 Å². The molecule has 1 aliphatic carbocycles. The molecule has 1 fully saturated rings. The van der Waals surface area contributed by atoms with Crippen molar-refractivity contribution in [2.45, 2.75) is 44.6 Å². The number of carbonyl (C=O) groups is 3. The number of esters is 1. The lowest BCUT2D eigenvalue weighted by atomic mass is 9.96. The van der Waals surface area contributed by atoms with Gasteiger partial charge in [-0.25, -0.2) is 13.2 Å². The minimum absolute atomic E-state index is 0.0743. The molecule has 0 aromatic rings. The van der Waals surface area contributed by atoms with Crippen molar-refractivity contribution in [1.82, 2.24) is 10.6 Å². The van der Waals surface area contributed by atoms with Crippen LogP contribution in [0.1, 0.15) is 38.5 Å². The van der Waals surface area contributed by atoms with Crippen molar-refractivity contribution in [2.75, 3.05) is 12.4 Å². The third-order valence-corrected chi connectivity index (χ3v) is 5.46. The number of nitrogens with one attached hydrogen (secondary N) is 2. The molecule has 0 saturated heterocycles. The average Bonchev–Trinajstić information content (AvgIpc) is 2.85. The van der Waals surface area contributed by atoms with Crippen LogP contribution in [0.3, 0.4) is 0 Å². The number of urea groups is 1. The van der Waals surface area contributed by atoms with Gasteiger partial charge in [-0.3, -0.25) is 14.9 Å². The maximum absolute atomic E-state index is 11.7. The summed E-state index contributed by atoms with van der Waals surface area (Å²) < 4.78 is 27.2. The van der Waals surface area contributed by atoms with E-state index in [1.54, 1.807) is 0 Å². The van der Waals surface area contributed by atoms with Crippen molar-refractivity contribution in [1.29, 1.82) is 0 Å². The van der Waals surface area contributed by atoms with E-state index in [1.165, 1.54) is 6.08 Å². The molecule has 1 heterocycles. The Balaban J connectivity index is 1.62. The molecule has 2 N–H and O–H groups in total. The van der Waals surface area contributed by atoms with Crippen molar-refractivity contribution < 1.29 is 27.5 Å². The number of amides is 3. The molecule has 0 radical (unpaired) electrons. The van der Waals surface area contributed by atoms with Crippen LogP contribution >= 0.6 is 0 Å². The fourth-order valence-electron chi connectivity index (χ4n) is 2.82. The van der Waals surface area contributed by atoms with Gasteiger partial charge in [0.15, 0.2) is 16.4 Å². The highest BCUT2D eigenvalue weighted by Gasteiger charge is 2.25. The summed E-state index contributed by atoms with van der Waals surface area (Å²) >= 11 is 0. The van der Waals surface area contributed by atoms with E-state index >= 15 is 0 Å². The predicted molar refractivity (Wildman–Crippen MR) is 85.5 cm³/mol. The third-order valence-electron chi connectivity index (χ3n) is 3.99. The van der Waals surface area contributed by atoms with Crippen molar-refractivity contribution in [3.63, 3.8) is 0 Å². The summed E-state index contributed by atoms with van der Waals surface area (Å²) in [6.45, 7) is -0.569. The topological polar surface area (TPSA) is 119 Å². The molecule has 2 aliphatic rings. The minimum atomic E-state index is -3.22. The Kier molecular flexibility index (Phi) is 6.36. The first-order chi connectivity index (χ1) is 11.3.